The topological polar surface area (TPSA) is 67.2 Å². The van der Waals surface area contributed by atoms with Crippen LogP contribution >= 0.6 is 0 Å². The van der Waals surface area contributed by atoms with E-state index in [1.54, 1.807) is 10.9 Å². The van der Waals surface area contributed by atoms with Crippen molar-refractivity contribution in [1.29, 1.82) is 0 Å². The summed E-state index contributed by atoms with van der Waals surface area (Å²) in [5.41, 5.74) is 1.94. The van der Waals surface area contributed by atoms with Gasteiger partial charge in [-0.05, 0) is 37.6 Å². The maximum Gasteiger partial charge on any atom is 0.303 e. The van der Waals surface area contributed by atoms with Gasteiger partial charge in [0, 0.05) is 30.5 Å². The van der Waals surface area contributed by atoms with E-state index in [1.807, 2.05) is 43.5 Å². The van der Waals surface area contributed by atoms with Gasteiger partial charge in [0.1, 0.15) is 0 Å². The van der Waals surface area contributed by atoms with Crippen molar-refractivity contribution < 1.29 is 9.90 Å². The van der Waals surface area contributed by atoms with E-state index < -0.39 is 5.97 Å². The fourth-order valence-corrected chi connectivity index (χ4v) is 1.86. The highest BCUT2D eigenvalue weighted by Crippen LogP contribution is 2.15. The van der Waals surface area contributed by atoms with Crippen molar-refractivity contribution in [2.75, 3.05) is 5.32 Å². The van der Waals surface area contributed by atoms with Crippen LogP contribution in [0.4, 0.5) is 5.69 Å². The minimum absolute atomic E-state index is 0.115. The zero-order valence-electron chi connectivity index (χ0n) is 10.8. The second-order valence-corrected chi connectivity index (χ2v) is 4.48. The molecule has 0 radical (unpaired) electrons. The number of carbonyl (C=O) groups is 1. The maximum absolute atomic E-state index is 10.5. The van der Waals surface area contributed by atoms with E-state index in [0.717, 1.165) is 11.4 Å². The van der Waals surface area contributed by atoms with Crippen LogP contribution in [0.5, 0.6) is 0 Å². The molecule has 1 atom stereocenters. The molecule has 0 saturated heterocycles. The number of aromatic nitrogens is 2. The first-order chi connectivity index (χ1) is 9.15. The molecule has 5 heteroatoms. The van der Waals surface area contributed by atoms with Crippen LogP contribution in [0, 0.1) is 0 Å². The maximum atomic E-state index is 10.5. The smallest absolute Gasteiger partial charge is 0.303 e. The van der Waals surface area contributed by atoms with Gasteiger partial charge >= 0.3 is 5.97 Å². The first kappa shape index (κ1) is 13.1. The molecule has 1 unspecified atom stereocenters. The van der Waals surface area contributed by atoms with E-state index >= 15 is 0 Å². The predicted octanol–water partition coefficient (Wildman–Crippen LogP) is 2.54. The van der Waals surface area contributed by atoms with Crippen molar-refractivity contribution in [1.82, 2.24) is 9.78 Å². The highest BCUT2D eigenvalue weighted by Gasteiger charge is 2.06. The Bertz CT molecular complexity index is 537. The van der Waals surface area contributed by atoms with Crippen LogP contribution in [0.15, 0.2) is 42.7 Å². The fourth-order valence-electron chi connectivity index (χ4n) is 1.86. The van der Waals surface area contributed by atoms with Crippen molar-refractivity contribution in [2.24, 2.45) is 0 Å². The van der Waals surface area contributed by atoms with Gasteiger partial charge in [-0.3, -0.25) is 4.79 Å². The normalized spacial score (nSPS) is 12.1. The Morgan fingerprint density at radius 3 is 3.00 bits per heavy atom. The van der Waals surface area contributed by atoms with E-state index in [2.05, 4.69) is 10.4 Å². The van der Waals surface area contributed by atoms with E-state index in [0.29, 0.717) is 6.42 Å². The predicted molar refractivity (Wildman–Crippen MR) is 73.5 cm³/mol. The van der Waals surface area contributed by atoms with Crippen molar-refractivity contribution in [2.45, 2.75) is 25.8 Å². The second kappa shape index (κ2) is 6.04. The summed E-state index contributed by atoms with van der Waals surface area (Å²) in [6.07, 6.45) is 4.39. The molecule has 5 nitrogen and oxygen atoms in total. The van der Waals surface area contributed by atoms with Gasteiger partial charge in [0.25, 0.3) is 0 Å². The monoisotopic (exact) mass is 259 g/mol. The molecule has 2 rings (SSSR count). The van der Waals surface area contributed by atoms with Gasteiger partial charge in [-0.15, -0.1) is 0 Å². The number of hydrogen-bond acceptors (Lipinski definition) is 3. The summed E-state index contributed by atoms with van der Waals surface area (Å²) >= 11 is 0. The molecule has 0 aliphatic rings. The van der Waals surface area contributed by atoms with Gasteiger partial charge in [-0.1, -0.05) is 6.07 Å². The van der Waals surface area contributed by atoms with E-state index in [9.17, 15) is 4.79 Å². The number of anilines is 1. The lowest BCUT2D eigenvalue weighted by molar-refractivity contribution is -0.137. The molecule has 1 aromatic carbocycles. The number of nitrogens with one attached hydrogen (secondary N) is 1. The molecule has 0 bridgehead atoms. The van der Waals surface area contributed by atoms with Gasteiger partial charge in [0.2, 0.25) is 0 Å². The highest BCUT2D eigenvalue weighted by atomic mass is 16.4. The fraction of sp³-hybridized carbons (Fsp3) is 0.286. The Kier molecular flexibility index (Phi) is 4.18. The molecular formula is C14H17N3O2. The Morgan fingerprint density at radius 2 is 2.32 bits per heavy atom. The van der Waals surface area contributed by atoms with Crippen LogP contribution in [0.1, 0.15) is 19.8 Å². The van der Waals surface area contributed by atoms with Crippen LogP contribution < -0.4 is 5.32 Å². The average Bonchev–Trinajstić information content (AvgIpc) is 2.90. The Labute approximate surface area is 111 Å². The molecule has 0 aliphatic heterocycles. The summed E-state index contributed by atoms with van der Waals surface area (Å²) in [6, 6.07) is 9.86. The van der Waals surface area contributed by atoms with Crippen LogP contribution in [-0.2, 0) is 4.79 Å². The first-order valence-electron chi connectivity index (χ1n) is 6.23. The summed E-state index contributed by atoms with van der Waals surface area (Å²) in [5, 5.41) is 16.1. The van der Waals surface area contributed by atoms with E-state index in [1.165, 1.54) is 0 Å². The zero-order chi connectivity index (χ0) is 13.7. The molecule has 0 amide bonds. The van der Waals surface area contributed by atoms with Gasteiger partial charge in [-0.25, -0.2) is 4.68 Å². The number of carboxylic acids is 1. The number of carboxylic acid groups (broad SMARTS) is 1. The number of hydrogen-bond donors (Lipinski definition) is 2. The van der Waals surface area contributed by atoms with Crippen LogP contribution in [0.2, 0.25) is 0 Å². The van der Waals surface area contributed by atoms with Crippen LogP contribution in [0.3, 0.4) is 0 Å². The lowest BCUT2D eigenvalue weighted by atomic mass is 10.1. The van der Waals surface area contributed by atoms with E-state index in [-0.39, 0.29) is 12.5 Å². The molecule has 0 aliphatic carbocycles. The molecule has 0 spiro atoms. The van der Waals surface area contributed by atoms with E-state index in [4.69, 9.17) is 5.11 Å². The van der Waals surface area contributed by atoms with Gasteiger partial charge in [0.15, 0.2) is 0 Å². The molecule has 100 valence electrons. The minimum atomic E-state index is -0.765. The molecule has 2 N–H and O–H groups in total. The highest BCUT2D eigenvalue weighted by molar-refractivity contribution is 5.66. The van der Waals surface area contributed by atoms with Crippen molar-refractivity contribution >= 4 is 11.7 Å². The van der Waals surface area contributed by atoms with Gasteiger partial charge in [-0.2, -0.15) is 5.10 Å². The van der Waals surface area contributed by atoms with Gasteiger partial charge in [0.05, 0.1) is 5.69 Å². The van der Waals surface area contributed by atoms with Gasteiger partial charge < -0.3 is 10.4 Å². The third kappa shape index (κ3) is 3.84. The Morgan fingerprint density at radius 1 is 1.47 bits per heavy atom. The Hall–Kier alpha value is -2.30. The number of rotatable bonds is 6. The third-order valence-electron chi connectivity index (χ3n) is 2.82. The average molecular weight is 259 g/mol. The summed E-state index contributed by atoms with van der Waals surface area (Å²) in [4.78, 5) is 10.5. The summed E-state index contributed by atoms with van der Waals surface area (Å²) in [6.45, 7) is 1.98. The molecular weight excluding hydrogens is 242 g/mol. The van der Waals surface area contributed by atoms with Crippen molar-refractivity contribution in [3.8, 4) is 5.69 Å². The summed E-state index contributed by atoms with van der Waals surface area (Å²) in [5.74, 6) is -0.765. The summed E-state index contributed by atoms with van der Waals surface area (Å²) in [7, 11) is 0. The molecule has 2 aromatic rings. The lowest BCUT2D eigenvalue weighted by Gasteiger charge is -2.15. The quantitative estimate of drug-likeness (QED) is 0.836. The van der Waals surface area contributed by atoms with Crippen LogP contribution in [-0.4, -0.2) is 26.9 Å². The van der Waals surface area contributed by atoms with Crippen molar-refractivity contribution in [3.05, 3.63) is 42.7 Å². The molecule has 1 aromatic heterocycles. The first-order valence-corrected chi connectivity index (χ1v) is 6.23. The Balaban J connectivity index is 2.01. The van der Waals surface area contributed by atoms with Crippen LogP contribution in [0.25, 0.3) is 5.69 Å². The molecule has 0 saturated carbocycles. The molecule has 1 heterocycles. The number of nitrogens with zero attached hydrogens (tertiary/aromatic N) is 2. The largest absolute Gasteiger partial charge is 0.481 e. The number of aliphatic carboxylic acids is 1. The second-order valence-electron chi connectivity index (χ2n) is 4.48. The minimum Gasteiger partial charge on any atom is -0.481 e. The summed E-state index contributed by atoms with van der Waals surface area (Å²) < 4.78 is 1.78. The zero-order valence-corrected chi connectivity index (χ0v) is 10.8. The lowest BCUT2D eigenvalue weighted by Crippen LogP contribution is -2.16. The molecule has 19 heavy (non-hydrogen) atoms. The molecule has 0 fully saturated rings. The SMILES string of the molecule is CC(CCC(=O)O)Nc1cccc(-n2cccn2)c1. The van der Waals surface area contributed by atoms with Crippen molar-refractivity contribution in [3.63, 3.8) is 0 Å². The number of benzene rings is 1. The standard InChI is InChI=1S/C14H17N3O2/c1-11(6-7-14(18)19)16-12-4-2-5-13(10-12)17-9-3-8-15-17/h2-5,8-11,16H,6-7H2,1H3,(H,18,19). The third-order valence-corrected chi connectivity index (χ3v) is 2.82.